The number of anilines is 1. The van der Waals surface area contributed by atoms with Crippen LogP contribution in [0.2, 0.25) is 5.02 Å². The van der Waals surface area contributed by atoms with Crippen LogP contribution in [0.15, 0.2) is 47.6 Å². The molecule has 0 radical (unpaired) electrons. The van der Waals surface area contributed by atoms with Gasteiger partial charge in [0.15, 0.2) is 0 Å². The molecule has 0 unspecified atom stereocenters. The number of amides is 1. The fraction of sp³-hybridized carbons (Fsp3) is 0.300. The summed E-state index contributed by atoms with van der Waals surface area (Å²) in [4.78, 5) is 12.6. The number of hydrazone groups is 1. The number of sulfonamides is 1. The minimum absolute atomic E-state index is 0.206. The van der Waals surface area contributed by atoms with Crippen LogP contribution in [0.4, 0.5) is 10.1 Å². The van der Waals surface area contributed by atoms with Crippen LogP contribution in [0.5, 0.6) is 0 Å². The lowest BCUT2D eigenvalue weighted by molar-refractivity contribution is -0.133. The second-order valence-electron chi connectivity index (χ2n) is 6.84. The highest BCUT2D eigenvalue weighted by molar-refractivity contribution is 7.92. The highest BCUT2D eigenvalue weighted by Crippen LogP contribution is 2.38. The lowest BCUT2D eigenvalue weighted by Crippen LogP contribution is -2.27. The molecule has 1 N–H and O–H groups in total. The van der Waals surface area contributed by atoms with Crippen LogP contribution in [0, 0.1) is 5.82 Å². The SMILES string of the molecule is CCCC(=O)N1N=C(c2ccc(NS(C)(=O)=O)cc2)C[C@H]1c1c(F)cccc1Cl. The fourth-order valence-electron chi connectivity index (χ4n) is 3.24. The van der Waals surface area contributed by atoms with Gasteiger partial charge in [-0.1, -0.05) is 36.7 Å². The Hall–Kier alpha value is -2.45. The van der Waals surface area contributed by atoms with E-state index in [1.807, 2.05) is 6.92 Å². The van der Waals surface area contributed by atoms with Crippen LogP contribution in [0.1, 0.15) is 43.4 Å². The van der Waals surface area contributed by atoms with Crippen molar-refractivity contribution in [3.63, 3.8) is 0 Å². The molecule has 3 rings (SSSR count). The predicted molar refractivity (Wildman–Crippen MR) is 112 cm³/mol. The van der Waals surface area contributed by atoms with Crippen molar-refractivity contribution < 1.29 is 17.6 Å². The number of halogens is 2. The van der Waals surface area contributed by atoms with Crippen LogP contribution in [-0.2, 0) is 14.8 Å². The maximum absolute atomic E-state index is 14.5. The van der Waals surface area contributed by atoms with E-state index in [9.17, 15) is 17.6 Å². The van der Waals surface area contributed by atoms with E-state index in [0.29, 0.717) is 29.8 Å². The van der Waals surface area contributed by atoms with Gasteiger partial charge in [0.25, 0.3) is 0 Å². The molecular weight excluding hydrogens is 417 g/mol. The van der Waals surface area contributed by atoms with Gasteiger partial charge in [-0.05, 0) is 36.2 Å². The zero-order valence-electron chi connectivity index (χ0n) is 16.0. The zero-order valence-corrected chi connectivity index (χ0v) is 17.6. The van der Waals surface area contributed by atoms with Crippen LogP contribution < -0.4 is 4.72 Å². The van der Waals surface area contributed by atoms with Crippen LogP contribution in [0.3, 0.4) is 0 Å². The summed E-state index contributed by atoms with van der Waals surface area (Å²) in [6, 6.07) is 10.4. The highest BCUT2D eigenvalue weighted by atomic mass is 35.5. The molecule has 1 aliphatic rings. The van der Waals surface area contributed by atoms with Gasteiger partial charge < -0.3 is 0 Å². The Kier molecular flexibility index (Phi) is 6.24. The Bertz CT molecular complexity index is 1030. The first-order valence-electron chi connectivity index (χ1n) is 9.11. The average molecular weight is 438 g/mol. The lowest BCUT2D eigenvalue weighted by Gasteiger charge is -2.23. The second-order valence-corrected chi connectivity index (χ2v) is 9.00. The molecule has 6 nitrogen and oxygen atoms in total. The molecule has 0 saturated heterocycles. The standard InChI is InChI=1S/C20H21ClFN3O3S/c1-3-5-19(26)25-18(20-15(21)6-4-7-16(20)22)12-17(23-25)13-8-10-14(11-9-13)24-29(2,27)28/h4,6-11,18,24H,3,5,12H2,1-2H3/t18-/m0/s1. The fourth-order valence-corrected chi connectivity index (χ4v) is 4.10. The van der Waals surface area contributed by atoms with E-state index in [1.165, 1.54) is 17.1 Å². The Morgan fingerprint density at radius 3 is 2.55 bits per heavy atom. The first-order valence-corrected chi connectivity index (χ1v) is 11.4. The molecule has 0 saturated carbocycles. The first-order chi connectivity index (χ1) is 13.7. The monoisotopic (exact) mass is 437 g/mol. The number of rotatable bonds is 6. The third-order valence-electron chi connectivity index (χ3n) is 4.48. The number of nitrogens with one attached hydrogen (secondary N) is 1. The summed E-state index contributed by atoms with van der Waals surface area (Å²) in [5.74, 6) is -0.692. The summed E-state index contributed by atoms with van der Waals surface area (Å²) in [7, 11) is -3.38. The van der Waals surface area contributed by atoms with Crippen LogP contribution >= 0.6 is 11.6 Å². The normalized spacial score (nSPS) is 16.6. The Morgan fingerprint density at radius 1 is 1.28 bits per heavy atom. The summed E-state index contributed by atoms with van der Waals surface area (Å²) in [5.41, 5.74) is 1.98. The summed E-state index contributed by atoms with van der Waals surface area (Å²) < 4.78 is 39.6. The topological polar surface area (TPSA) is 78.8 Å². The van der Waals surface area contributed by atoms with Gasteiger partial charge in [0.05, 0.1) is 18.0 Å². The van der Waals surface area contributed by atoms with Crippen LogP contribution in [0.25, 0.3) is 0 Å². The van der Waals surface area contributed by atoms with Gasteiger partial charge in [-0.15, -0.1) is 0 Å². The van der Waals surface area contributed by atoms with Crippen molar-refractivity contribution in [3.05, 3.63) is 64.4 Å². The predicted octanol–water partition coefficient (Wildman–Crippen LogP) is 4.33. The maximum Gasteiger partial charge on any atom is 0.243 e. The number of carbonyl (C=O) groups is 1. The van der Waals surface area contributed by atoms with Crippen molar-refractivity contribution >= 4 is 38.9 Å². The molecule has 2 aromatic carbocycles. The Labute approximate surface area is 174 Å². The summed E-state index contributed by atoms with van der Waals surface area (Å²) in [6.07, 6.45) is 2.30. The van der Waals surface area contributed by atoms with Crippen molar-refractivity contribution in [3.8, 4) is 0 Å². The van der Waals surface area contributed by atoms with Gasteiger partial charge in [0.2, 0.25) is 15.9 Å². The molecule has 1 atom stereocenters. The zero-order chi connectivity index (χ0) is 21.2. The number of hydrogen-bond acceptors (Lipinski definition) is 4. The minimum Gasteiger partial charge on any atom is -0.284 e. The van der Waals surface area contributed by atoms with Crippen molar-refractivity contribution in [1.82, 2.24) is 5.01 Å². The maximum atomic E-state index is 14.5. The molecule has 1 heterocycles. The van der Waals surface area contributed by atoms with Crippen molar-refractivity contribution in [1.29, 1.82) is 0 Å². The first kappa shape index (κ1) is 21.3. The largest absolute Gasteiger partial charge is 0.284 e. The highest BCUT2D eigenvalue weighted by Gasteiger charge is 2.35. The van der Waals surface area contributed by atoms with Gasteiger partial charge in [0, 0.05) is 29.1 Å². The molecule has 154 valence electrons. The van der Waals surface area contributed by atoms with E-state index in [0.717, 1.165) is 6.26 Å². The molecule has 29 heavy (non-hydrogen) atoms. The van der Waals surface area contributed by atoms with Gasteiger partial charge in [-0.3, -0.25) is 9.52 Å². The van der Waals surface area contributed by atoms with Crippen molar-refractivity contribution in [2.24, 2.45) is 5.10 Å². The smallest absolute Gasteiger partial charge is 0.243 e. The van der Waals surface area contributed by atoms with E-state index in [2.05, 4.69) is 9.82 Å². The molecule has 1 aliphatic heterocycles. The number of hydrogen-bond donors (Lipinski definition) is 1. The van der Waals surface area contributed by atoms with Gasteiger partial charge in [-0.2, -0.15) is 5.10 Å². The molecule has 0 aromatic heterocycles. The average Bonchev–Trinajstić information content (AvgIpc) is 3.06. The summed E-state index contributed by atoms with van der Waals surface area (Å²) in [5, 5.41) is 6.01. The van der Waals surface area contributed by atoms with Crippen molar-refractivity contribution in [2.45, 2.75) is 32.2 Å². The van der Waals surface area contributed by atoms with Crippen molar-refractivity contribution in [2.75, 3.05) is 11.0 Å². The molecule has 9 heteroatoms. The lowest BCUT2D eigenvalue weighted by atomic mass is 9.97. The molecule has 0 aliphatic carbocycles. The van der Waals surface area contributed by atoms with Crippen LogP contribution in [-0.4, -0.2) is 31.3 Å². The van der Waals surface area contributed by atoms with Gasteiger partial charge >= 0.3 is 0 Å². The Balaban J connectivity index is 1.94. The van der Waals surface area contributed by atoms with E-state index < -0.39 is 21.9 Å². The minimum atomic E-state index is -3.38. The third-order valence-corrected chi connectivity index (χ3v) is 5.42. The van der Waals surface area contributed by atoms with Gasteiger partial charge in [0.1, 0.15) is 5.82 Å². The summed E-state index contributed by atoms with van der Waals surface area (Å²) >= 11 is 6.24. The molecule has 1 amide bonds. The molecule has 0 bridgehead atoms. The summed E-state index contributed by atoms with van der Waals surface area (Å²) in [6.45, 7) is 1.89. The number of benzene rings is 2. The Morgan fingerprint density at radius 2 is 1.97 bits per heavy atom. The van der Waals surface area contributed by atoms with E-state index in [1.54, 1.807) is 30.3 Å². The quantitative estimate of drug-likeness (QED) is 0.730. The third kappa shape index (κ3) is 4.94. The molecule has 2 aromatic rings. The van der Waals surface area contributed by atoms with E-state index >= 15 is 0 Å². The second kappa shape index (κ2) is 8.51. The van der Waals surface area contributed by atoms with E-state index in [4.69, 9.17) is 11.6 Å². The molecule has 0 fully saturated rings. The number of carbonyl (C=O) groups excluding carboxylic acids is 1. The van der Waals surface area contributed by atoms with Gasteiger partial charge in [-0.25, -0.2) is 17.8 Å². The molecule has 0 spiro atoms. The molecular formula is C20H21ClFN3O3S. The van der Waals surface area contributed by atoms with E-state index in [-0.39, 0.29) is 22.9 Å². The number of nitrogens with zero attached hydrogens (tertiary/aromatic N) is 2.